The van der Waals surface area contributed by atoms with E-state index in [9.17, 15) is 36.2 Å². The molecule has 1 aliphatic heterocycles. The third kappa shape index (κ3) is 5.93. The van der Waals surface area contributed by atoms with Crippen LogP contribution >= 0.6 is 0 Å². The maximum atomic E-state index is 14.4. The fourth-order valence-electron chi connectivity index (χ4n) is 3.99. The number of carbonyl (C=O) groups is 1. The number of allylic oxidation sites excluding steroid dienone is 1. The summed E-state index contributed by atoms with van der Waals surface area (Å²) in [7, 11) is 0. The summed E-state index contributed by atoms with van der Waals surface area (Å²) < 4.78 is 81.8. The summed E-state index contributed by atoms with van der Waals surface area (Å²) in [6.07, 6.45) is -3.97. The molecule has 0 bridgehead atoms. The molecule has 0 aliphatic carbocycles. The van der Waals surface area contributed by atoms with E-state index in [-0.39, 0.29) is 43.1 Å². The Morgan fingerprint density at radius 3 is 2.43 bits per heavy atom. The van der Waals surface area contributed by atoms with Gasteiger partial charge in [0.1, 0.15) is 5.82 Å². The number of fused-ring (bicyclic) bond motifs is 1. The Balaban J connectivity index is 1.61. The number of rotatable bonds is 7. The summed E-state index contributed by atoms with van der Waals surface area (Å²) in [5, 5.41) is 19.6. The van der Waals surface area contributed by atoms with Crippen LogP contribution in [0.4, 0.5) is 26.3 Å². The zero-order valence-corrected chi connectivity index (χ0v) is 19.1. The topological polar surface area (TPSA) is 83.3 Å². The van der Waals surface area contributed by atoms with Crippen LogP contribution in [0.5, 0.6) is 0 Å². The fourth-order valence-corrected chi connectivity index (χ4v) is 3.99. The number of halogens is 6. The highest BCUT2D eigenvalue weighted by Gasteiger charge is 2.39. The monoisotopic (exact) mass is 525 g/mol. The van der Waals surface area contributed by atoms with Crippen LogP contribution in [0, 0.1) is 17.5 Å². The van der Waals surface area contributed by atoms with Gasteiger partial charge in [0.05, 0.1) is 19.2 Å². The van der Waals surface area contributed by atoms with Gasteiger partial charge in [-0.15, -0.1) is 10.2 Å². The summed E-state index contributed by atoms with van der Waals surface area (Å²) in [6, 6.07) is 8.96. The van der Waals surface area contributed by atoms with E-state index in [2.05, 4.69) is 15.5 Å². The maximum Gasteiger partial charge on any atom is 0.451 e. The van der Waals surface area contributed by atoms with E-state index in [0.29, 0.717) is 17.7 Å². The highest BCUT2D eigenvalue weighted by atomic mass is 19.4. The zero-order chi connectivity index (χ0) is 26.7. The van der Waals surface area contributed by atoms with Crippen molar-refractivity contribution in [2.75, 3.05) is 13.2 Å². The standard InChI is InChI=1S/C24H21F6N5O2/c25-17-11-19(27)18(26)9-15(17)8-16(31-20(13-36)14-4-2-1-3-5-14)10-22(37)34-6-7-35-21(12-34)32-33-23(35)24(28,29)30/h1-5,9-11,20,31,36H,6-8,12-13H2/b16-10-/t20-/m1/s1. The van der Waals surface area contributed by atoms with Crippen LogP contribution in [0.1, 0.15) is 28.8 Å². The van der Waals surface area contributed by atoms with Gasteiger partial charge in [-0.3, -0.25) is 4.79 Å². The van der Waals surface area contributed by atoms with Crippen LogP contribution in [0.25, 0.3) is 0 Å². The van der Waals surface area contributed by atoms with Gasteiger partial charge in [-0.05, 0) is 17.2 Å². The SMILES string of the molecule is O=C(/C=C(/Cc1cc(F)c(F)cc1F)N[C@H](CO)c1ccccc1)N1CCn2c(nnc2C(F)(F)F)C1. The fraction of sp³-hybridized carbons (Fsp3) is 0.292. The summed E-state index contributed by atoms with van der Waals surface area (Å²) in [5.41, 5.74) is 0.462. The normalized spacial score (nSPS) is 14.9. The van der Waals surface area contributed by atoms with Crippen LogP contribution in [0.15, 0.2) is 54.2 Å². The second-order valence-electron chi connectivity index (χ2n) is 8.34. The van der Waals surface area contributed by atoms with Gasteiger partial charge in [0.15, 0.2) is 17.5 Å². The summed E-state index contributed by atoms with van der Waals surface area (Å²) >= 11 is 0. The summed E-state index contributed by atoms with van der Waals surface area (Å²) in [6.45, 7) is -0.949. The molecule has 1 atom stereocenters. The molecular formula is C24H21F6N5O2. The average molecular weight is 525 g/mol. The average Bonchev–Trinajstić information content (AvgIpc) is 3.30. The Morgan fingerprint density at radius 2 is 1.76 bits per heavy atom. The molecule has 0 radical (unpaired) electrons. The second kappa shape index (κ2) is 10.6. The first kappa shape index (κ1) is 26.2. The van der Waals surface area contributed by atoms with Gasteiger partial charge < -0.3 is 19.9 Å². The first-order valence-corrected chi connectivity index (χ1v) is 11.1. The summed E-state index contributed by atoms with van der Waals surface area (Å²) in [5.74, 6) is -5.54. The van der Waals surface area contributed by atoms with E-state index in [0.717, 1.165) is 10.6 Å². The van der Waals surface area contributed by atoms with E-state index in [4.69, 9.17) is 0 Å². The van der Waals surface area contributed by atoms with Gasteiger partial charge >= 0.3 is 6.18 Å². The lowest BCUT2D eigenvalue weighted by molar-refractivity contribution is -0.148. The molecule has 0 saturated heterocycles. The lowest BCUT2D eigenvalue weighted by Gasteiger charge is -2.28. The van der Waals surface area contributed by atoms with Crippen molar-refractivity contribution in [3.8, 4) is 0 Å². The number of aromatic nitrogens is 3. The van der Waals surface area contributed by atoms with Crippen LogP contribution in [0.2, 0.25) is 0 Å². The molecule has 2 aromatic carbocycles. The molecule has 37 heavy (non-hydrogen) atoms. The predicted molar refractivity (Wildman–Crippen MR) is 118 cm³/mol. The van der Waals surface area contributed by atoms with Gasteiger partial charge in [-0.25, -0.2) is 13.2 Å². The largest absolute Gasteiger partial charge is 0.451 e. The molecule has 3 aromatic rings. The molecule has 2 heterocycles. The highest BCUT2D eigenvalue weighted by molar-refractivity contribution is 5.88. The van der Waals surface area contributed by atoms with E-state index >= 15 is 0 Å². The van der Waals surface area contributed by atoms with E-state index in [1.165, 1.54) is 4.90 Å². The molecular weight excluding hydrogens is 504 g/mol. The zero-order valence-electron chi connectivity index (χ0n) is 19.1. The molecule has 1 amide bonds. The van der Waals surface area contributed by atoms with Crippen molar-refractivity contribution in [2.24, 2.45) is 0 Å². The minimum absolute atomic E-state index is 0.0565. The predicted octanol–water partition coefficient (Wildman–Crippen LogP) is 3.51. The van der Waals surface area contributed by atoms with Gasteiger partial charge in [-0.1, -0.05) is 30.3 Å². The Kier molecular flexibility index (Phi) is 7.52. The molecule has 1 aromatic heterocycles. The van der Waals surface area contributed by atoms with Gasteiger partial charge in [0.25, 0.3) is 0 Å². The molecule has 7 nitrogen and oxygen atoms in total. The number of amides is 1. The third-order valence-corrected chi connectivity index (χ3v) is 5.83. The Morgan fingerprint density at radius 1 is 1.05 bits per heavy atom. The second-order valence-corrected chi connectivity index (χ2v) is 8.34. The first-order valence-electron chi connectivity index (χ1n) is 11.1. The van der Waals surface area contributed by atoms with E-state index in [1.54, 1.807) is 30.3 Å². The number of aliphatic hydroxyl groups excluding tert-OH is 1. The smallest absolute Gasteiger partial charge is 0.394 e. The number of carbonyl (C=O) groups excluding carboxylic acids is 1. The maximum absolute atomic E-state index is 14.4. The lowest BCUT2D eigenvalue weighted by Crippen LogP contribution is -2.39. The molecule has 1 aliphatic rings. The molecule has 2 N–H and O–H groups in total. The van der Waals surface area contributed by atoms with Crippen molar-refractivity contribution in [2.45, 2.75) is 31.7 Å². The van der Waals surface area contributed by atoms with Crippen LogP contribution in [-0.2, 0) is 30.5 Å². The van der Waals surface area contributed by atoms with E-state index in [1.807, 2.05) is 0 Å². The van der Waals surface area contributed by atoms with Crippen molar-refractivity contribution >= 4 is 5.91 Å². The molecule has 4 rings (SSSR count). The molecule has 0 spiro atoms. The Hall–Kier alpha value is -3.87. The summed E-state index contributed by atoms with van der Waals surface area (Å²) in [4.78, 5) is 14.3. The van der Waals surface area contributed by atoms with Crippen molar-refractivity contribution in [3.63, 3.8) is 0 Å². The van der Waals surface area contributed by atoms with Crippen molar-refractivity contribution < 1.29 is 36.2 Å². The number of hydrogen-bond acceptors (Lipinski definition) is 5. The van der Waals surface area contributed by atoms with Crippen LogP contribution in [0.3, 0.4) is 0 Å². The van der Waals surface area contributed by atoms with Crippen molar-refractivity contribution in [1.29, 1.82) is 0 Å². The quantitative estimate of drug-likeness (QED) is 0.280. The Bertz CT molecular complexity index is 1310. The molecule has 196 valence electrons. The Labute approximate surface area is 207 Å². The number of nitrogens with one attached hydrogen (secondary N) is 1. The highest BCUT2D eigenvalue weighted by Crippen LogP contribution is 2.29. The molecule has 0 saturated carbocycles. The molecule has 0 fully saturated rings. The first-order chi connectivity index (χ1) is 17.6. The van der Waals surface area contributed by atoms with Gasteiger partial charge in [-0.2, -0.15) is 13.2 Å². The number of nitrogens with zero attached hydrogens (tertiary/aromatic N) is 4. The lowest BCUT2D eigenvalue weighted by atomic mass is 10.0. The number of aliphatic hydroxyl groups is 1. The van der Waals surface area contributed by atoms with Crippen molar-refractivity contribution in [1.82, 2.24) is 25.0 Å². The molecule has 13 heteroatoms. The van der Waals surface area contributed by atoms with Crippen molar-refractivity contribution in [3.05, 3.63) is 94.5 Å². The minimum atomic E-state index is -4.69. The van der Waals surface area contributed by atoms with Crippen LogP contribution < -0.4 is 5.32 Å². The number of benzene rings is 2. The van der Waals surface area contributed by atoms with E-state index < -0.39 is 48.0 Å². The van der Waals surface area contributed by atoms with Gasteiger partial charge in [0, 0.05) is 37.3 Å². The molecule has 0 unspecified atom stereocenters. The van der Waals surface area contributed by atoms with Gasteiger partial charge in [0.2, 0.25) is 11.7 Å². The third-order valence-electron chi connectivity index (χ3n) is 5.83. The minimum Gasteiger partial charge on any atom is -0.394 e. The number of hydrogen-bond donors (Lipinski definition) is 2. The number of alkyl halides is 3. The van der Waals surface area contributed by atoms with Crippen LogP contribution in [-0.4, -0.2) is 43.8 Å².